The first kappa shape index (κ1) is 17.9. The first-order chi connectivity index (χ1) is 13.1. The quantitative estimate of drug-likeness (QED) is 0.741. The Hall–Kier alpha value is -2.44. The van der Waals surface area contributed by atoms with E-state index >= 15 is 0 Å². The Morgan fingerprint density at radius 3 is 2.74 bits per heavy atom. The third kappa shape index (κ3) is 3.82. The van der Waals surface area contributed by atoms with E-state index in [1.54, 1.807) is 30.6 Å². The Kier molecular flexibility index (Phi) is 5.09. The lowest BCUT2D eigenvalue weighted by Gasteiger charge is -2.22. The van der Waals surface area contributed by atoms with Crippen molar-refractivity contribution < 1.29 is 13.9 Å². The van der Waals surface area contributed by atoms with E-state index in [1.165, 1.54) is 12.1 Å². The minimum atomic E-state index is -0.285. The van der Waals surface area contributed by atoms with Gasteiger partial charge in [0.2, 0.25) is 0 Å². The van der Waals surface area contributed by atoms with Crippen LogP contribution in [0.25, 0.3) is 11.0 Å². The predicted octanol–water partition coefficient (Wildman–Crippen LogP) is 3.79. The van der Waals surface area contributed by atoms with E-state index in [4.69, 9.17) is 16.3 Å². The highest BCUT2D eigenvalue weighted by molar-refractivity contribution is 6.35. The molecule has 27 heavy (non-hydrogen) atoms. The molecule has 0 saturated carbocycles. The molecule has 5 nitrogen and oxygen atoms in total. The number of pyridine rings is 1. The average molecular weight is 388 g/mol. The summed E-state index contributed by atoms with van der Waals surface area (Å²) in [6.45, 7) is 1.77. The lowest BCUT2D eigenvalue weighted by molar-refractivity contribution is 0.0697. The maximum Gasteiger partial charge on any atom is 0.255 e. The summed E-state index contributed by atoms with van der Waals surface area (Å²) in [4.78, 5) is 17.2. The number of fused-ring (bicyclic) bond motifs is 1. The van der Waals surface area contributed by atoms with Crippen LogP contribution in [0.2, 0.25) is 5.02 Å². The van der Waals surface area contributed by atoms with Gasteiger partial charge in [0, 0.05) is 38.2 Å². The highest BCUT2D eigenvalue weighted by Crippen LogP contribution is 2.27. The molecule has 0 atom stereocenters. The maximum atomic E-state index is 13.2. The Balaban J connectivity index is 1.67. The number of carbonyl (C=O) groups is 1. The molecule has 1 aromatic carbocycles. The number of nitrogens with zero attached hydrogens (tertiary/aromatic N) is 2. The van der Waals surface area contributed by atoms with E-state index in [2.05, 4.69) is 10.3 Å². The highest BCUT2D eigenvalue weighted by Gasteiger charge is 2.22. The van der Waals surface area contributed by atoms with Crippen LogP contribution in [-0.2, 0) is 11.3 Å². The van der Waals surface area contributed by atoms with Crippen LogP contribution in [0, 0.1) is 5.82 Å². The number of amides is 1. The summed E-state index contributed by atoms with van der Waals surface area (Å²) < 4.78 is 20.4. The number of hydrogen-bond acceptors (Lipinski definition) is 3. The van der Waals surface area contributed by atoms with Gasteiger partial charge in [-0.25, -0.2) is 4.39 Å². The van der Waals surface area contributed by atoms with E-state index in [9.17, 15) is 9.18 Å². The third-order valence-corrected chi connectivity index (χ3v) is 5.07. The second-order valence-electron chi connectivity index (χ2n) is 6.65. The van der Waals surface area contributed by atoms with Gasteiger partial charge in [-0.15, -0.1) is 0 Å². The van der Waals surface area contributed by atoms with Crippen molar-refractivity contribution in [2.75, 3.05) is 13.2 Å². The van der Waals surface area contributed by atoms with E-state index in [-0.39, 0.29) is 17.8 Å². The standard InChI is InChI=1S/C20H19ClFN3O2/c21-17-5-8-23-18-16(20(26)24-15-6-9-27-10-7-15)12-25(19(17)18)11-13-1-3-14(22)4-2-13/h1-5,8,12,15H,6-7,9-11H2,(H,24,26). The molecular formula is C20H19ClFN3O2. The molecule has 0 aliphatic carbocycles. The molecule has 1 fully saturated rings. The first-order valence-corrected chi connectivity index (χ1v) is 9.26. The van der Waals surface area contributed by atoms with Crippen molar-refractivity contribution in [1.82, 2.24) is 14.9 Å². The number of rotatable bonds is 4. The fourth-order valence-corrected chi connectivity index (χ4v) is 3.62. The van der Waals surface area contributed by atoms with Crippen molar-refractivity contribution in [2.45, 2.75) is 25.4 Å². The first-order valence-electron chi connectivity index (χ1n) is 8.88. The normalized spacial score (nSPS) is 15.2. The van der Waals surface area contributed by atoms with Gasteiger partial charge in [0.1, 0.15) is 11.3 Å². The number of carbonyl (C=O) groups excluding carboxylic acids is 1. The van der Waals surface area contributed by atoms with Crippen LogP contribution in [0.3, 0.4) is 0 Å². The lowest BCUT2D eigenvalue weighted by atomic mass is 10.1. The zero-order chi connectivity index (χ0) is 18.8. The monoisotopic (exact) mass is 387 g/mol. The summed E-state index contributed by atoms with van der Waals surface area (Å²) in [5.41, 5.74) is 2.65. The van der Waals surface area contributed by atoms with Crippen molar-refractivity contribution in [3.63, 3.8) is 0 Å². The van der Waals surface area contributed by atoms with Crippen LogP contribution in [-0.4, -0.2) is 34.7 Å². The summed E-state index contributed by atoms with van der Waals surface area (Å²) >= 11 is 6.39. The molecule has 3 heterocycles. The van der Waals surface area contributed by atoms with Crippen LogP contribution in [0.1, 0.15) is 28.8 Å². The van der Waals surface area contributed by atoms with E-state index in [0.29, 0.717) is 41.4 Å². The molecular weight excluding hydrogens is 369 g/mol. The third-order valence-electron chi connectivity index (χ3n) is 4.77. The van der Waals surface area contributed by atoms with E-state index in [0.717, 1.165) is 18.4 Å². The van der Waals surface area contributed by atoms with Gasteiger partial charge >= 0.3 is 0 Å². The van der Waals surface area contributed by atoms with E-state index in [1.807, 2.05) is 4.57 Å². The summed E-state index contributed by atoms with van der Waals surface area (Å²) in [6, 6.07) is 8.06. The smallest absolute Gasteiger partial charge is 0.255 e. The highest BCUT2D eigenvalue weighted by atomic mass is 35.5. The Morgan fingerprint density at radius 1 is 1.26 bits per heavy atom. The van der Waals surface area contributed by atoms with Crippen LogP contribution in [0.5, 0.6) is 0 Å². The van der Waals surface area contributed by atoms with Crippen LogP contribution in [0.15, 0.2) is 42.7 Å². The van der Waals surface area contributed by atoms with Gasteiger partial charge < -0.3 is 14.6 Å². The number of nitrogens with one attached hydrogen (secondary N) is 1. The van der Waals surface area contributed by atoms with Crippen molar-refractivity contribution in [2.24, 2.45) is 0 Å². The molecule has 4 rings (SSSR count). The van der Waals surface area contributed by atoms with Gasteiger partial charge in [-0.05, 0) is 36.6 Å². The van der Waals surface area contributed by atoms with Gasteiger partial charge in [0.05, 0.1) is 16.1 Å². The largest absolute Gasteiger partial charge is 0.381 e. The molecule has 140 valence electrons. The second-order valence-corrected chi connectivity index (χ2v) is 7.05. The molecule has 0 bridgehead atoms. The van der Waals surface area contributed by atoms with E-state index < -0.39 is 0 Å². The maximum absolute atomic E-state index is 13.2. The number of aromatic nitrogens is 2. The molecule has 1 saturated heterocycles. The van der Waals surface area contributed by atoms with Crippen molar-refractivity contribution in [3.8, 4) is 0 Å². The Morgan fingerprint density at radius 2 is 2.00 bits per heavy atom. The predicted molar refractivity (Wildman–Crippen MR) is 102 cm³/mol. The minimum Gasteiger partial charge on any atom is -0.381 e. The molecule has 1 amide bonds. The summed E-state index contributed by atoms with van der Waals surface area (Å²) in [6.07, 6.45) is 4.96. The SMILES string of the molecule is O=C(NC1CCOCC1)c1cn(Cc2ccc(F)cc2)c2c(Cl)ccnc12. The van der Waals surface area contributed by atoms with Gasteiger partial charge in [0.25, 0.3) is 5.91 Å². The van der Waals surface area contributed by atoms with Crippen LogP contribution >= 0.6 is 11.6 Å². The minimum absolute atomic E-state index is 0.0981. The van der Waals surface area contributed by atoms with Crippen molar-refractivity contribution in [1.29, 1.82) is 0 Å². The Labute approximate surface area is 161 Å². The summed E-state index contributed by atoms with van der Waals surface area (Å²) in [7, 11) is 0. The number of ether oxygens (including phenoxy) is 1. The summed E-state index contributed by atoms with van der Waals surface area (Å²) in [5.74, 6) is -0.452. The zero-order valence-electron chi connectivity index (χ0n) is 14.6. The van der Waals surface area contributed by atoms with Crippen molar-refractivity contribution in [3.05, 3.63) is 64.7 Å². The fourth-order valence-electron chi connectivity index (χ4n) is 3.36. The molecule has 7 heteroatoms. The van der Waals surface area contributed by atoms with Crippen molar-refractivity contribution >= 4 is 28.5 Å². The molecule has 3 aromatic rings. The van der Waals surface area contributed by atoms with Gasteiger partial charge in [0.15, 0.2) is 0 Å². The van der Waals surface area contributed by atoms with Gasteiger partial charge in [-0.2, -0.15) is 0 Å². The average Bonchev–Trinajstić information content (AvgIpc) is 3.04. The number of hydrogen-bond donors (Lipinski definition) is 1. The molecule has 1 aliphatic rings. The molecule has 0 spiro atoms. The van der Waals surface area contributed by atoms with Gasteiger partial charge in [-0.3, -0.25) is 9.78 Å². The van der Waals surface area contributed by atoms with Gasteiger partial charge in [-0.1, -0.05) is 23.7 Å². The molecule has 2 aromatic heterocycles. The molecule has 1 aliphatic heterocycles. The summed E-state index contributed by atoms with van der Waals surface area (Å²) in [5, 5.41) is 3.59. The second kappa shape index (κ2) is 7.66. The molecule has 0 radical (unpaired) electrons. The molecule has 0 unspecified atom stereocenters. The number of benzene rings is 1. The van der Waals surface area contributed by atoms with Crippen LogP contribution < -0.4 is 5.32 Å². The number of halogens is 2. The molecule has 1 N–H and O–H groups in total. The zero-order valence-corrected chi connectivity index (χ0v) is 15.4. The topological polar surface area (TPSA) is 56.1 Å². The fraction of sp³-hybridized carbons (Fsp3) is 0.300. The lowest BCUT2D eigenvalue weighted by Crippen LogP contribution is -2.38. The Bertz CT molecular complexity index is 965. The van der Waals surface area contributed by atoms with Crippen LogP contribution in [0.4, 0.5) is 4.39 Å².